The van der Waals surface area contributed by atoms with Gasteiger partial charge in [-0.1, -0.05) is 0 Å². The highest BCUT2D eigenvalue weighted by atomic mass is 16.5. The third kappa shape index (κ3) is 4.22. The number of nitrogens with one attached hydrogen (secondary N) is 2. The van der Waals surface area contributed by atoms with Crippen molar-refractivity contribution in [2.45, 2.75) is 32.4 Å². The molecule has 6 nitrogen and oxygen atoms in total. The lowest BCUT2D eigenvalue weighted by molar-refractivity contribution is 0.154. The number of aryl methyl sites for hydroxylation is 1. The number of piperidine rings is 1. The van der Waals surface area contributed by atoms with Crippen LogP contribution in [0.2, 0.25) is 0 Å². The molecule has 1 aliphatic rings. The van der Waals surface area contributed by atoms with Crippen LogP contribution in [0.15, 0.2) is 47.3 Å². The van der Waals surface area contributed by atoms with Gasteiger partial charge in [-0.15, -0.1) is 0 Å². The Morgan fingerprint density at radius 1 is 1.24 bits per heavy atom. The Morgan fingerprint density at radius 2 is 2.10 bits per heavy atom. The Bertz CT molecular complexity index is 1080. The predicted octanol–water partition coefficient (Wildman–Crippen LogP) is 3.42. The van der Waals surface area contributed by atoms with E-state index in [0.29, 0.717) is 18.7 Å². The number of pyridine rings is 1. The quantitative estimate of drug-likeness (QED) is 0.619. The molecule has 1 fully saturated rings. The van der Waals surface area contributed by atoms with Gasteiger partial charge in [0.2, 0.25) is 0 Å². The zero-order valence-electron chi connectivity index (χ0n) is 16.9. The zero-order chi connectivity index (χ0) is 20.4. The standard InChI is InChI=1S/C23H27N3O3/c1-15-10-18(26-9-3-4-19(27)14-26)6-8-21(15)24-13-17-11-16-5-7-20(29-2)12-22(16)25-23(17)28/h5-8,10-12,19,24,27H,3-4,9,13-14H2,1-2H3,(H,25,28)/t19-/m0/s1. The van der Waals surface area contributed by atoms with Gasteiger partial charge >= 0.3 is 0 Å². The first kappa shape index (κ1) is 19.3. The number of methoxy groups -OCH3 is 1. The molecule has 29 heavy (non-hydrogen) atoms. The number of anilines is 2. The van der Waals surface area contributed by atoms with E-state index in [1.165, 1.54) is 0 Å². The van der Waals surface area contributed by atoms with Crippen molar-refractivity contribution in [1.29, 1.82) is 0 Å². The van der Waals surface area contributed by atoms with Crippen LogP contribution in [0.5, 0.6) is 5.75 Å². The van der Waals surface area contributed by atoms with Crippen molar-refractivity contribution in [2.75, 3.05) is 30.4 Å². The van der Waals surface area contributed by atoms with Crippen LogP contribution in [0.1, 0.15) is 24.0 Å². The molecule has 0 amide bonds. The molecule has 3 N–H and O–H groups in total. The number of H-pyrrole nitrogens is 1. The van der Waals surface area contributed by atoms with Gasteiger partial charge in [-0.3, -0.25) is 4.79 Å². The van der Waals surface area contributed by atoms with Crippen molar-refractivity contribution >= 4 is 22.3 Å². The summed E-state index contributed by atoms with van der Waals surface area (Å²) in [6, 6.07) is 13.8. The van der Waals surface area contributed by atoms with Crippen molar-refractivity contribution in [1.82, 2.24) is 4.98 Å². The summed E-state index contributed by atoms with van der Waals surface area (Å²) in [5.41, 5.74) is 4.59. The van der Waals surface area contributed by atoms with Crippen LogP contribution < -0.4 is 20.5 Å². The highest BCUT2D eigenvalue weighted by Crippen LogP contribution is 2.26. The maximum Gasteiger partial charge on any atom is 0.253 e. The van der Waals surface area contributed by atoms with E-state index < -0.39 is 0 Å². The van der Waals surface area contributed by atoms with E-state index >= 15 is 0 Å². The number of benzene rings is 2. The highest BCUT2D eigenvalue weighted by molar-refractivity contribution is 5.80. The minimum absolute atomic E-state index is 0.102. The zero-order valence-corrected chi connectivity index (χ0v) is 16.9. The van der Waals surface area contributed by atoms with Gasteiger partial charge in [0.15, 0.2) is 0 Å². The molecule has 6 heteroatoms. The molecule has 2 heterocycles. The lowest BCUT2D eigenvalue weighted by atomic mass is 10.1. The number of aromatic nitrogens is 1. The molecule has 0 spiro atoms. The summed E-state index contributed by atoms with van der Waals surface area (Å²) in [5.74, 6) is 0.718. The largest absolute Gasteiger partial charge is 0.497 e. The molecule has 2 aromatic carbocycles. The smallest absolute Gasteiger partial charge is 0.253 e. The molecule has 0 saturated carbocycles. The Labute approximate surface area is 170 Å². The van der Waals surface area contributed by atoms with E-state index in [1.807, 2.05) is 30.3 Å². The summed E-state index contributed by atoms with van der Waals surface area (Å²) >= 11 is 0. The molecule has 3 aromatic rings. The fraction of sp³-hybridized carbons (Fsp3) is 0.348. The van der Waals surface area contributed by atoms with Gasteiger partial charge in [-0.05, 0) is 67.1 Å². The first-order valence-corrected chi connectivity index (χ1v) is 10.0. The van der Waals surface area contributed by atoms with Crippen molar-refractivity contribution in [3.8, 4) is 5.75 Å². The van der Waals surface area contributed by atoms with E-state index in [0.717, 1.165) is 53.0 Å². The van der Waals surface area contributed by atoms with Gasteiger partial charge in [-0.25, -0.2) is 0 Å². The van der Waals surface area contributed by atoms with Crippen LogP contribution in [-0.4, -0.2) is 36.4 Å². The van der Waals surface area contributed by atoms with E-state index in [4.69, 9.17) is 4.74 Å². The summed E-state index contributed by atoms with van der Waals surface area (Å²) in [4.78, 5) is 17.6. The SMILES string of the molecule is COc1ccc2cc(CNc3ccc(N4CCC[C@H](O)C4)cc3C)c(=O)[nH]c2c1. The Morgan fingerprint density at radius 3 is 2.86 bits per heavy atom. The Kier molecular flexibility index (Phi) is 5.45. The molecule has 1 atom stereocenters. The number of rotatable bonds is 5. The van der Waals surface area contributed by atoms with Crippen LogP contribution in [0.3, 0.4) is 0 Å². The second-order valence-electron chi connectivity index (χ2n) is 7.67. The maximum atomic E-state index is 12.5. The first-order chi connectivity index (χ1) is 14.0. The number of hydrogen-bond donors (Lipinski definition) is 3. The summed E-state index contributed by atoms with van der Waals surface area (Å²) < 4.78 is 5.22. The number of β-amino-alcohol motifs (C(OH)–C–C–N with tert-alkyl or cyclic N) is 1. The van der Waals surface area contributed by atoms with Gasteiger partial charge in [0.05, 0.1) is 18.7 Å². The molecular formula is C23H27N3O3. The average Bonchev–Trinajstić information content (AvgIpc) is 2.72. The molecule has 0 radical (unpaired) electrons. The normalized spacial score (nSPS) is 16.8. The minimum Gasteiger partial charge on any atom is -0.497 e. The number of ether oxygens (including phenoxy) is 1. The van der Waals surface area contributed by atoms with Crippen LogP contribution in [-0.2, 0) is 6.54 Å². The van der Waals surface area contributed by atoms with Crippen LogP contribution >= 0.6 is 0 Å². The molecule has 0 aliphatic carbocycles. The maximum absolute atomic E-state index is 12.5. The molecule has 1 aliphatic heterocycles. The average molecular weight is 393 g/mol. The second-order valence-corrected chi connectivity index (χ2v) is 7.67. The lowest BCUT2D eigenvalue weighted by Gasteiger charge is -2.32. The fourth-order valence-electron chi connectivity index (χ4n) is 3.91. The van der Waals surface area contributed by atoms with Crippen molar-refractivity contribution in [3.63, 3.8) is 0 Å². The minimum atomic E-state index is -0.249. The molecule has 1 saturated heterocycles. The van der Waals surface area contributed by atoms with E-state index in [1.54, 1.807) is 7.11 Å². The third-order valence-corrected chi connectivity index (χ3v) is 5.57. The highest BCUT2D eigenvalue weighted by Gasteiger charge is 2.18. The predicted molar refractivity (Wildman–Crippen MR) is 117 cm³/mol. The summed E-state index contributed by atoms with van der Waals surface area (Å²) in [5, 5.41) is 14.3. The summed E-state index contributed by atoms with van der Waals surface area (Å²) in [6.45, 7) is 4.16. The fourth-order valence-corrected chi connectivity index (χ4v) is 3.91. The van der Waals surface area contributed by atoms with E-state index in [-0.39, 0.29) is 11.7 Å². The van der Waals surface area contributed by atoms with E-state index in [2.05, 4.69) is 34.3 Å². The number of fused-ring (bicyclic) bond motifs is 1. The van der Waals surface area contributed by atoms with Gasteiger partial charge in [0, 0.05) is 42.6 Å². The van der Waals surface area contributed by atoms with Gasteiger partial charge in [0.25, 0.3) is 5.56 Å². The van der Waals surface area contributed by atoms with Crippen molar-refractivity contribution in [3.05, 3.63) is 63.9 Å². The molecule has 0 bridgehead atoms. The van der Waals surface area contributed by atoms with Crippen LogP contribution in [0.4, 0.5) is 11.4 Å². The van der Waals surface area contributed by atoms with Gasteiger partial charge in [-0.2, -0.15) is 0 Å². The van der Waals surface area contributed by atoms with Crippen molar-refractivity contribution < 1.29 is 9.84 Å². The Hall–Kier alpha value is -2.99. The summed E-state index contributed by atoms with van der Waals surface area (Å²) in [7, 11) is 1.61. The van der Waals surface area contributed by atoms with Crippen molar-refractivity contribution in [2.24, 2.45) is 0 Å². The molecule has 4 rings (SSSR count). The van der Waals surface area contributed by atoms with Gasteiger partial charge < -0.3 is 25.0 Å². The number of hydrogen-bond acceptors (Lipinski definition) is 5. The number of aliphatic hydroxyl groups excluding tert-OH is 1. The number of aliphatic hydroxyl groups is 1. The van der Waals surface area contributed by atoms with Gasteiger partial charge in [0.1, 0.15) is 5.75 Å². The molecular weight excluding hydrogens is 366 g/mol. The molecule has 152 valence electrons. The number of nitrogens with zero attached hydrogens (tertiary/aromatic N) is 1. The Balaban J connectivity index is 1.50. The lowest BCUT2D eigenvalue weighted by Crippen LogP contribution is -2.38. The van der Waals surface area contributed by atoms with Crippen LogP contribution in [0.25, 0.3) is 10.9 Å². The second kappa shape index (κ2) is 8.17. The molecule has 0 unspecified atom stereocenters. The third-order valence-electron chi connectivity index (χ3n) is 5.57. The summed E-state index contributed by atoms with van der Waals surface area (Å²) in [6.07, 6.45) is 1.64. The molecule has 1 aromatic heterocycles. The first-order valence-electron chi connectivity index (χ1n) is 10.0. The van der Waals surface area contributed by atoms with Crippen LogP contribution in [0, 0.1) is 6.92 Å². The number of aromatic amines is 1. The topological polar surface area (TPSA) is 77.6 Å². The monoisotopic (exact) mass is 393 g/mol. The van der Waals surface area contributed by atoms with E-state index in [9.17, 15) is 9.90 Å².